The monoisotopic (exact) mass is 262 g/mol. The molecule has 19 heavy (non-hydrogen) atoms. The largest absolute Gasteiger partial charge is 0.384 e. The van der Waals surface area contributed by atoms with E-state index in [2.05, 4.69) is 27.6 Å². The Morgan fingerprint density at radius 3 is 2.95 bits per heavy atom. The highest BCUT2D eigenvalue weighted by atomic mass is 16.1. The third-order valence-corrected chi connectivity index (χ3v) is 3.55. The summed E-state index contributed by atoms with van der Waals surface area (Å²) < 4.78 is 0. The van der Waals surface area contributed by atoms with Gasteiger partial charge in [0.05, 0.1) is 11.9 Å². The molecule has 0 aliphatic carbocycles. The SMILES string of the molecule is CCNc1ccc(C(=O)NCC2CCCN2C)nc1. The number of nitrogens with zero attached hydrogens (tertiary/aromatic N) is 2. The summed E-state index contributed by atoms with van der Waals surface area (Å²) in [6, 6.07) is 4.10. The van der Waals surface area contributed by atoms with Gasteiger partial charge in [0.1, 0.15) is 5.69 Å². The third kappa shape index (κ3) is 3.67. The highest BCUT2D eigenvalue weighted by Crippen LogP contribution is 2.13. The maximum atomic E-state index is 12.0. The summed E-state index contributed by atoms with van der Waals surface area (Å²) in [7, 11) is 2.10. The molecule has 0 bridgehead atoms. The van der Waals surface area contributed by atoms with Gasteiger partial charge in [-0.25, -0.2) is 4.98 Å². The van der Waals surface area contributed by atoms with Crippen LogP contribution >= 0.6 is 0 Å². The van der Waals surface area contributed by atoms with Gasteiger partial charge in [0.2, 0.25) is 0 Å². The summed E-state index contributed by atoms with van der Waals surface area (Å²) in [5.74, 6) is -0.0941. The van der Waals surface area contributed by atoms with E-state index in [1.807, 2.05) is 13.0 Å². The number of likely N-dealkylation sites (tertiary alicyclic amines) is 1. The van der Waals surface area contributed by atoms with E-state index < -0.39 is 0 Å². The van der Waals surface area contributed by atoms with Crippen LogP contribution in [-0.4, -0.2) is 48.5 Å². The molecular weight excluding hydrogens is 240 g/mol. The van der Waals surface area contributed by atoms with Crippen molar-refractivity contribution in [3.63, 3.8) is 0 Å². The lowest BCUT2D eigenvalue weighted by Crippen LogP contribution is -2.38. The smallest absolute Gasteiger partial charge is 0.269 e. The number of likely N-dealkylation sites (N-methyl/N-ethyl adjacent to an activating group) is 1. The van der Waals surface area contributed by atoms with E-state index in [0.717, 1.165) is 25.2 Å². The van der Waals surface area contributed by atoms with E-state index in [0.29, 0.717) is 18.3 Å². The van der Waals surface area contributed by atoms with Gasteiger partial charge in [0.25, 0.3) is 5.91 Å². The lowest BCUT2D eigenvalue weighted by molar-refractivity contribution is 0.0938. The minimum Gasteiger partial charge on any atom is -0.384 e. The molecule has 5 nitrogen and oxygen atoms in total. The van der Waals surface area contributed by atoms with Crippen LogP contribution in [-0.2, 0) is 0 Å². The summed E-state index contributed by atoms with van der Waals surface area (Å²) >= 11 is 0. The predicted molar refractivity (Wildman–Crippen MR) is 76.4 cm³/mol. The highest BCUT2D eigenvalue weighted by Gasteiger charge is 2.21. The van der Waals surface area contributed by atoms with Crippen LogP contribution in [0.5, 0.6) is 0 Å². The van der Waals surface area contributed by atoms with Gasteiger partial charge in [-0.05, 0) is 45.5 Å². The summed E-state index contributed by atoms with van der Waals surface area (Å²) in [6.07, 6.45) is 4.07. The second-order valence-electron chi connectivity index (χ2n) is 4.95. The molecule has 0 saturated carbocycles. The molecule has 1 atom stereocenters. The number of hydrogen-bond donors (Lipinski definition) is 2. The number of nitrogens with one attached hydrogen (secondary N) is 2. The van der Waals surface area contributed by atoms with Crippen molar-refractivity contribution in [2.24, 2.45) is 0 Å². The van der Waals surface area contributed by atoms with Crippen LogP contribution in [0.1, 0.15) is 30.3 Å². The van der Waals surface area contributed by atoms with Gasteiger partial charge in [-0.1, -0.05) is 0 Å². The average molecular weight is 262 g/mol. The minimum absolute atomic E-state index is 0.0941. The van der Waals surface area contributed by atoms with Crippen molar-refractivity contribution in [2.75, 3.05) is 32.0 Å². The van der Waals surface area contributed by atoms with Crippen LogP contribution in [0.2, 0.25) is 0 Å². The van der Waals surface area contributed by atoms with Crippen molar-refractivity contribution in [3.8, 4) is 0 Å². The first-order chi connectivity index (χ1) is 9.20. The second-order valence-corrected chi connectivity index (χ2v) is 4.95. The van der Waals surface area contributed by atoms with Gasteiger partial charge < -0.3 is 15.5 Å². The number of anilines is 1. The zero-order chi connectivity index (χ0) is 13.7. The number of aromatic nitrogens is 1. The predicted octanol–water partition coefficient (Wildman–Crippen LogP) is 1.34. The Bertz CT molecular complexity index is 418. The van der Waals surface area contributed by atoms with Crippen LogP contribution in [0.4, 0.5) is 5.69 Å². The molecule has 0 radical (unpaired) electrons. The maximum Gasteiger partial charge on any atom is 0.269 e. The average Bonchev–Trinajstić information content (AvgIpc) is 2.83. The molecule has 0 spiro atoms. The minimum atomic E-state index is -0.0941. The number of carbonyl (C=O) groups is 1. The van der Waals surface area contributed by atoms with E-state index >= 15 is 0 Å². The maximum absolute atomic E-state index is 12.0. The van der Waals surface area contributed by atoms with Crippen molar-refractivity contribution in [3.05, 3.63) is 24.0 Å². The van der Waals surface area contributed by atoms with Crippen LogP contribution in [0.3, 0.4) is 0 Å². The Morgan fingerprint density at radius 2 is 2.37 bits per heavy atom. The fraction of sp³-hybridized carbons (Fsp3) is 0.571. The molecule has 1 fully saturated rings. The fourth-order valence-corrected chi connectivity index (χ4v) is 2.38. The van der Waals surface area contributed by atoms with Crippen molar-refractivity contribution in [1.82, 2.24) is 15.2 Å². The zero-order valence-electron chi connectivity index (χ0n) is 11.6. The molecule has 1 unspecified atom stereocenters. The van der Waals surface area contributed by atoms with Gasteiger partial charge in [0.15, 0.2) is 0 Å². The number of rotatable bonds is 5. The first-order valence-corrected chi connectivity index (χ1v) is 6.89. The molecule has 1 aliphatic rings. The fourth-order valence-electron chi connectivity index (χ4n) is 2.38. The van der Waals surface area contributed by atoms with E-state index in [1.54, 1.807) is 12.3 Å². The van der Waals surface area contributed by atoms with Gasteiger partial charge in [-0.2, -0.15) is 0 Å². The highest BCUT2D eigenvalue weighted by molar-refractivity contribution is 5.92. The van der Waals surface area contributed by atoms with Gasteiger partial charge in [-0.15, -0.1) is 0 Å². The second kappa shape index (κ2) is 6.52. The molecule has 1 amide bonds. The Labute approximate surface area is 114 Å². The molecule has 2 heterocycles. The number of amides is 1. The molecular formula is C14H22N4O. The number of hydrogen-bond acceptors (Lipinski definition) is 4. The molecule has 2 rings (SSSR count). The number of carbonyl (C=O) groups excluding carboxylic acids is 1. The van der Waals surface area contributed by atoms with Crippen molar-refractivity contribution < 1.29 is 4.79 Å². The molecule has 1 aromatic rings. The van der Waals surface area contributed by atoms with Gasteiger partial charge >= 0.3 is 0 Å². The van der Waals surface area contributed by atoms with Crippen molar-refractivity contribution >= 4 is 11.6 Å². The summed E-state index contributed by atoms with van der Waals surface area (Å²) in [6.45, 7) is 4.70. The summed E-state index contributed by atoms with van der Waals surface area (Å²) in [4.78, 5) is 18.4. The first kappa shape index (κ1) is 13.8. The standard InChI is InChI=1S/C14H22N4O/c1-3-15-11-6-7-13(16-9-11)14(19)17-10-12-5-4-8-18(12)2/h6-7,9,12,15H,3-5,8,10H2,1-2H3,(H,17,19). The van der Waals surface area contributed by atoms with E-state index in [-0.39, 0.29) is 5.91 Å². The quantitative estimate of drug-likeness (QED) is 0.840. The Hall–Kier alpha value is -1.62. The molecule has 2 N–H and O–H groups in total. The lowest BCUT2D eigenvalue weighted by atomic mass is 10.2. The van der Waals surface area contributed by atoms with Gasteiger partial charge in [0, 0.05) is 19.1 Å². The van der Waals surface area contributed by atoms with E-state index in [4.69, 9.17) is 0 Å². The van der Waals surface area contributed by atoms with Crippen molar-refractivity contribution in [2.45, 2.75) is 25.8 Å². The Kier molecular flexibility index (Phi) is 4.74. The van der Waals surface area contributed by atoms with Gasteiger partial charge in [-0.3, -0.25) is 4.79 Å². The van der Waals surface area contributed by atoms with Crippen LogP contribution < -0.4 is 10.6 Å². The Morgan fingerprint density at radius 1 is 1.53 bits per heavy atom. The topological polar surface area (TPSA) is 57.3 Å². The lowest BCUT2D eigenvalue weighted by Gasteiger charge is -2.19. The van der Waals surface area contributed by atoms with Crippen LogP contribution in [0.25, 0.3) is 0 Å². The summed E-state index contributed by atoms with van der Waals surface area (Å²) in [5, 5.41) is 6.11. The number of pyridine rings is 1. The molecule has 5 heteroatoms. The molecule has 1 aromatic heterocycles. The first-order valence-electron chi connectivity index (χ1n) is 6.89. The Balaban J connectivity index is 1.85. The summed E-state index contributed by atoms with van der Waals surface area (Å²) in [5.41, 5.74) is 1.41. The third-order valence-electron chi connectivity index (χ3n) is 3.55. The van der Waals surface area contributed by atoms with Crippen molar-refractivity contribution in [1.29, 1.82) is 0 Å². The zero-order valence-corrected chi connectivity index (χ0v) is 11.6. The normalized spacial score (nSPS) is 19.4. The van der Waals surface area contributed by atoms with E-state index in [1.165, 1.54) is 6.42 Å². The van der Waals surface area contributed by atoms with Crippen LogP contribution in [0.15, 0.2) is 18.3 Å². The molecule has 104 valence electrons. The molecule has 0 aromatic carbocycles. The van der Waals surface area contributed by atoms with E-state index in [9.17, 15) is 4.79 Å². The van der Waals surface area contributed by atoms with Crippen LogP contribution in [0, 0.1) is 0 Å². The molecule has 1 aliphatic heterocycles. The molecule has 1 saturated heterocycles.